The number of carbonyl (C=O) groups is 1. The molecule has 0 atom stereocenters. The lowest BCUT2D eigenvalue weighted by Gasteiger charge is -2.35. The molecule has 0 aliphatic carbocycles. The van der Waals surface area contributed by atoms with Crippen molar-refractivity contribution in [1.82, 2.24) is 9.27 Å². The van der Waals surface area contributed by atoms with Crippen molar-refractivity contribution in [2.75, 3.05) is 42.9 Å². The molecule has 0 spiro atoms. The van der Waals surface area contributed by atoms with Crippen LogP contribution in [0, 0.1) is 0 Å². The number of nitrogens with one attached hydrogen (secondary N) is 1. The van der Waals surface area contributed by atoms with Crippen molar-refractivity contribution in [3.05, 3.63) is 74.4 Å². The lowest BCUT2D eigenvalue weighted by Crippen LogP contribution is -2.47. The maximum Gasteiger partial charge on any atom is 0.258 e. The molecule has 0 saturated carbocycles. The molecule has 1 aliphatic heterocycles. The highest BCUT2D eigenvalue weighted by molar-refractivity contribution is 7.20. The summed E-state index contributed by atoms with van der Waals surface area (Å²) in [6, 6.07) is 18.0. The van der Waals surface area contributed by atoms with Gasteiger partial charge in [0.1, 0.15) is 10.2 Å². The largest absolute Gasteiger partial charge is 0.353 e. The Morgan fingerprint density at radius 3 is 2.64 bits per heavy atom. The van der Waals surface area contributed by atoms with Gasteiger partial charge in [0.15, 0.2) is 0 Å². The number of hydrogen-bond acceptors (Lipinski definition) is 6. The van der Waals surface area contributed by atoms with Crippen molar-refractivity contribution in [2.24, 2.45) is 0 Å². The van der Waals surface area contributed by atoms with E-state index < -0.39 is 0 Å². The molecule has 5 nitrogen and oxygen atoms in total. The van der Waals surface area contributed by atoms with Gasteiger partial charge in [-0.05, 0) is 53.8 Å². The summed E-state index contributed by atoms with van der Waals surface area (Å²) in [5.74, 6) is 0.872. The van der Waals surface area contributed by atoms with Crippen LogP contribution in [0.4, 0.5) is 11.5 Å². The molecule has 170 valence electrons. The standard InChI is InChI=1S/C24H22Cl2N4OS2/c25-21-15-19(22(26)32-21)24(31)27-17-5-3-4-16(14-17)8-9-29-10-12-30(13-11-29)23-18-6-1-2-7-20(18)33-28-23/h1-7,14-15H,8-13H2,(H,27,31). The molecule has 4 aromatic rings. The molecule has 5 rings (SSSR count). The lowest BCUT2D eigenvalue weighted by molar-refractivity contribution is 0.102. The van der Waals surface area contributed by atoms with Crippen LogP contribution < -0.4 is 10.2 Å². The van der Waals surface area contributed by atoms with E-state index in [0.717, 1.165) is 50.6 Å². The van der Waals surface area contributed by atoms with E-state index >= 15 is 0 Å². The lowest BCUT2D eigenvalue weighted by atomic mass is 10.1. The molecule has 2 aromatic heterocycles. The maximum absolute atomic E-state index is 12.5. The van der Waals surface area contributed by atoms with E-state index in [1.54, 1.807) is 17.6 Å². The van der Waals surface area contributed by atoms with Gasteiger partial charge in [0, 0.05) is 43.8 Å². The van der Waals surface area contributed by atoms with Gasteiger partial charge < -0.3 is 10.2 Å². The molecule has 0 unspecified atom stereocenters. The van der Waals surface area contributed by atoms with Crippen LogP contribution >= 0.6 is 46.1 Å². The normalized spacial score (nSPS) is 14.7. The Kier molecular flexibility index (Phi) is 6.85. The molecule has 1 amide bonds. The zero-order chi connectivity index (χ0) is 22.8. The van der Waals surface area contributed by atoms with E-state index in [2.05, 4.69) is 45.4 Å². The number of nitrogens with zero attached hydrogens (tertiary/aromatic N) is 3. The first-order chi connectivity index (χ1) is 16.1. The van der Waals surface area contributed by atoms with Crippen molar-refractivity contribution >= 4 is 73.6 Å². The molecule has 33 heavy (non-hydrogen) atoms. The summed E-state index contributed by atoms with van der Waals surface area (Å²) in [5.41, 5.74) is 2.36. The van der Waals surface area contributed by atoms with Gasteiger partial charge in [0.25, 0.3) is 5.91 Å². The summed E-state index contributed by atoms with van der Waals surface area (Å²) in [7, 11) is 0. The minimum absolute atomic E-state index is 0.244. The average molecular weight is 518 g/mol. The Labute approximate surface area is 210 Å². The first-order valence-electron chi connectivity index (χ1n) is 10.7. The van der Waals surface area contributed by atoms with Crippen LogP contribution in [0.2, 0.25) is 8.67 Å². The highest BCUT2D eigenvalue weighted by atomic mass is 35.5. The summed E-state index contributed by atoms with van der Waals surface area (Å²) in [4.78, 5) is 17.4. The smallest absolute Gasteiger partial charge is 0.258 e. The molecule has 1 saturated heterocycles. The second-order valence-electron chi connectivity index (χ2n) is 7.97. The predicted molar refractivity (Wildman–Crippen MR) is 141 cm³/mol. The Bertz CT molecular complexity index is 1280. The topological polar surface area (TPSA) is 48.5 Å². The fraction of sp³-hybridized carbons (Fsp3) is 0.250. The van der Waals surface area contributed by atoms with Crippen LogP contribution in [-0.4, -0.2) is 47.9 Å². The number of thiophene rings is 1. The van der Waals surface area contributed by atoms with E-state index in [1.165, 1.54) is 27.0 Å². The van der Waals surface area contributed by atoms with Crippen LogP contribution in [0.15, 0.2) is 54.6 Å². The number of amides is 1. The summed E-state index contributed by atoms with van der Waals surface area (Å²) in [5, 5.41) is 4.18. The van der Waals surface area contributed by atoms with Gasteiger partial charge >= 0.3 is 0 Å². The van der Waals surface area contributed by atoms with Gasteiger partial charge in [-0.25, -0.2) is 0 Å². The second kappa shape index (κ2) is 9.99. The molecule has 1 fully saturated rings. The maximum atomic E-state index is 12.5. The molecule has 0 bridgehead atoms. The minimum Gasteiger partial charge on any atom is -0.353 e. The monoisotopic (exact) mass is 516 g/mol. The van der Waals surface area contributed by atoms with Crippen LogP contribution in [0.1, 0.15) is 15.9 Å². The number of aromatic nitrogens is 1. The molecule has 3 heterocycles. The van der Waals surface area contributed by atoms with Crippen LogP contribution in [-0.2, 0) is 6.42 Å². The number of anilines is 2. The van der Waals surface area contributed by atoms with E-state index in [0.29, 0.717) is 14.2 Å². The molecule has 2 aromatic carbocycles. The molecule has 1 aliphatic rings. The number of fused-ring (bicyclic) bond motifs is 1. The molecule has 1 N–H and O–H groups in total. The molecular formula is C24H22Cl2N4OS2. The van der Waals surface area contributed by atoms with Gasteiger partial charge in [-0.15, -0.1) is 11.3 Å². The Morgan fingerprint density at radius 2 is 1.85 bits per heavy atom. The summed E-state index contributed by atoms with van der Waals surface area (Å²) >= 11 is 14.8. The number of rotatable bonds is 6. The van der Waals surface area contributed by atoms with Gasteiger partial charge in [-0.3, -0.25) is 9.69 Å². The zero-order valence-electron chi connectivity index (χ0n) is 17.8. The van der Waals surface area contributed by atoms with Crippen LogP contribution in [0.25, 0.3) is 10.1 Å². The number of benzene rings is 2. The summed E-state index contributed by atoms with van der Waals surface area (Å²) < 4.78 is 6.84. The zero-order valence-corrected chi connectivity index (χ0v) is 20.9. The Balaban J connectivity index is 1.15. The summed E-state index contributed by atoms with van der Waals surface area (Å²) in [6.07, 6.45) is 0.925. The highest BCUT2D eigenvalue weighted by Gasteiger charge is 2.20. The fourth-order valence-electron chi connectivity index (χ4n) is 4.07. The van der Waals surface area contributed by atoms with Crippen molar-refractivity contribution in [2.45, 2.75) is 6.42 Å². The third-order valence-corrected chi connectivity index (χ3v) is 8.14. The van der Waals surface area contributed by atoms with E-state index in [9.17, 15) is 4.79 Å². The first-order valence-corrected chi connectivity index (χ1v) is 13.1. The predicted octanol–water partition coefficient (Wildman–Crippen LogP) is 6.28. The van der Waals surface area contributed by atoms with E-state index in [4.69, 9.17) is 27.6 Å². The van der Waals surface area contributed by atoms with Crippen molar-refractivity contribution < 1.29 is 4.79 Å². The van der Waals surface area contributed by atoms with Crippen LogP contribution in [0.3, 0.4) is 0 Å². The molecule has 9 heteroatoms. The summed E-state index contributed by atoms with van der Waals surface area (Å²) in [6.45, 7) is 4.97. The number of carbonyl (C=O) groups excluding carboxylic acids is 1. The first kappa shape index (κ1) is 22.6. The quantitative estimate of drug-likeness (QED) is 0.327. The van der Waals surface area contributed by atoms with Crippen molar-refractivity contribution in [3.8, 4) is 0 Å². The van der Waals surface area contributed by atoms with Gasteiger partial charge in [0.05, 0.1) is 14.6 Å². The number of halogens is 2. The van der Waals surface area contributed by atoms with E-state index in [1.807, 2.05) is 18.2 Å². The Hall–Kier alpha value is -2.16. The van der Waals surface area contributed by atoms with Gasteiger partial charge in [-0.2, -0.15) is 4.37 Å². The van der Waals surface area contributed by atoms with E-state index in [-0.39, 0.29) is 5.91 Å². The average Bonchev–Trinajstić information content (AvgIpc) is 3.41. The van der Waals surface area contributed by atoms with Gasteiger partial charge in [0.2, 0.25) is 0 Å². The molecule has 0 radical (unpaired) electrons. The van der Waals surface area contributed by atoms with Crippen molar-refractivity contribution in [3.63, 3.8) is 0 Å². The van der Waals surface area contributed by atoms with Crippen LogP contribution in [0.5, 0.6) is 0 Å². The SMILES string of the molecule is O=C(Nc1cccc(CCN2CCN(c3nsc4ccccc34)CC2)c1)c1cc(Cl)sc1Cl. The van der Waals surface area contributed by atoms with Crippen molar-refractivity contribution in [1.29, 1.82) is 0 Å². The highest BCUT2D eigenvalue weighted by Crippen LogP contribution is 2.32. The third-order valence-electron chi connectivity index (χ3n) is 5.83. The fourth-order valence-corrected chi connectivity index (χ4v) is 6.32. The third kappa shape index (κ3) is 5.18. The number of hydrogen-bond donors (Lipinski definition) is 1. The Morgan fingerprint density at radius 1 is 1.03 bits per heavy atom. The number of piperazine rings is 1. The van der Waals surface area contributed by atoms with Gasteiger partial charge in [-0.1, -0.05) is 47.5 Å². The molecular weight excluding hydrogens is 495 g/mol. The second-order valence-corrected chi connectivity index (χ2v) is 11.1. The minimum atomic E-state index is -0.244.